The molecule has 4 heteroatoms. The molecule has 0 bridgehead atoms. The van der Waals surface area contributed by atoms with Crippen molar-refractivity contribution in [3.05, 3.63) is 29.8 Å². The molecule has 4 nitrogen and oxygen atoms in total. The van der Waals surface area contributed by atoms with E-state index in [0.29, 0.717) is 13.0 Å². The molecule has 1 atom stereocenters. The maximum Gasteiger partial charge on any atom is 0.407 e. The largest absolute Gasteiger partial charge is 0.508 e. The van der Waals surface area contributed by atoms with Crippen LogP contribution in [-0.2, 0) is 11.2 Å². The highest BCUT2D eigenvalue weighted by atomic mass is 16.6. The number of cyclic esters (lactones) is 1. The number of benzene rings is 1. The Morgan fingerprint density at radius 1 is 1.53 bits per heavy atom. The summed E-state index contributed by atoms with van der Waals surface area (Å²) < 4.78 is 5.15. The van der Waals surface area contributed by atoms with Crippen LogP contribution in [0.3, 0.4) is 0 Å². The van der Waals surface area contributed by atoms with Gasteiger partial charge in [-0.15, -0.1) is 0 Å². The van der Waals surface area contributed by atoms with Gasteiger partial charge in [-0.05, 0) is 18.6 Å². The average Bonchev–Trinajstić information content (AvgIpc) is 2.51. The number of alkyl carbamates (subject to hydrolysis) is 1. The van der Waals surface area contributed by atoms with E-state index in [2.05, 4.69) is 5.32 Å². The zero-order valence-electron chi connectivity index (χ0n) is 8.49. The predicted octanol–water partition coefficient (Wildman–Crippen LogP) is 1.43. The van der Waals surface area contributed by atoms with E-state index in [0.717, 1.165) is 5.56 Å². The molecule has 1 aromatic rings. The number of rotatable bonds is 2. The van der Waals surface area contributed by atoms with Crippen molar-refractivity contribution < 1.29 is 14.6 Å². The number of hydrogen-bond donors (Lipinski definition) is 2. The van der Waals surface area contributed by atoms with E-state index in [1.165, 1.54) is 0 Å². The quantitative estimate of drug-likeness (QED) is 0.771. The lowest BCUT2D eigenvalue weighted by molar-refractivity contribution is 0.0719. The van der Waals surface area contributed by atoms with Crippen LogP contribution in [0.4, 0.5) is 4.79 Å². The number of carbonyl (C=O) groups excluding carboxylic acids is 1. The molecule has 2 N–H and O–H groups in total. The van der Waals surface area contributed by atoms with Crippen LogP contribution in [0.2, 0.25) is 0 Å². The minimum absolute atomic E-state index is 0.238. The Hall–Kier alpha value is -1.71. The minimum atomic E-state index is -0.560. The van der Waals surface area contributed by atoms with Crippen LogP contribution in [-0.4, -0.2) is 23.3 Å². The molecule has 0 spiro atoms. The van der Waals surface area contributed by atoms with Crippen molar-refractivity contribution in [2.45, 2.75) is 18.9 Å². The lowest BCUT2D eigenvalue weighted by Gasteiger charge is -2.21. The molecule has 1 aromatic carbocycles. The third kappa shape index (κ3) is 2.03. The molecule has 1 amide bonds. The number of ether oxygens (including phenoxy) is 1. The second-order valence-electron chi connectivity index (χ2n) is 4.00. The summed E-state index contributed by atoms with van der Waals surface area (Å²) in [6, 6.07) is 7.07. The summed E-state index contributed by atoms with van der Waals surface area (Å²) in [4.78, 5) is 10.9. The van der Waals surface area contributed by atoms with Crippen LogP contribution in [0.25, 0.3) is 0 Å². The van der Waals surface area contributed by atoms with Gasteiger partial charge in [-0.25, -0.2) is 4.79 Å². The molecule has 1 aliphatic heterocycles. The normalized spacial score (nSPS) is 24.7. The molecule has 2 rings (SSSR count). The van der Waals surface area contributed by atoms with Crippen molar-refractivity contribution in [2.24, 2.45) is 0 Å². The molecule has 15 heavy (non-hydrogen) atoms. The fourth-order valence-corrected chi connectivity index (χ4v) is 1.72. The first kappa shape index (κ1) is 9.83. The van der Waals surface area contributed by atoms with E-state index in [-0.39, 0.29) is 5.75 Å². The molecule has 0 radical (unpaired) electrons. The van der Waals surface area contributed by atoms with Crippen molar-refractivity contribution in [1.29, 1.82) is 0 Å². The monoisotopic (exact) mass is 207 g/mol. The van der Waals surface area contributed by atoms with E-state index in [1.54, 1.807) is 12.1 Å². The maximum atomic E-state index is 10.9. The summed E-state index contributed by atoms with van der Waals surface area (Å²) in [6.45, 7) is 2.32. The summed E-state index contributed by atoms with van der Waals surface area (Å²) in [5.74, 6) is 0.238. The zero-order chi connectivity index (χ0) is 10.9. The first-order valence-electron chi connectivity index (χ1n) is 4.83. The molecular weight excluding hydrogens is 194 g/mol. The van der Waals surface area contributed by atoms with Gasteiger partial charge < -0.3 is 15.2 Å². The van der Waals surface area contributed by atoms with Crippen LogP contribution < -0.4 is 5.32 Å². The summed E-state index contributed by atoms with van der Waals surface area (Å²) in [7, 11) is 0. The van der Waals surface area contributed by atoms with Gasteiger partial charge in [0, 0.05) is 6.42 Å². The minimum Gasteiger partial charge on any atom is -0.508 e. The van der Waals surface area contributed by atoms with Gasteiger partial charge in [0.2, 0.25) is 0 Å². The third-order valence-corrected chi connectivity index (χ3v) is 2.50. The molecule has 1 fully saturated rings. The van der Waals surface area contributed by atoms with Gasteiger partial charge in [-0.2, -0.15) is 0 Å². The number of carbonyl (C=O) groups is 1. The molecule has 1 saturated heterocycles. The SMILES string of the molecule is CC1(Cc2ccccc2O)CNC(=O)O1. The summed E-state index contributed by atoms with van der Waals surface area (Å²) >= 11 is 0. The Kier molecular flexibility index (Phi) is 2.26. The van der Waals surface area contributed by atoms with Gasteiger partial charge in [-0.3, -0.25) is 0 Å². The van der Waals surface area contributed by atoms with Gasteiger partial charge in [0.05, 0.1) is 6.54 Å². The highest BCUT2D eigenvalue weighted by Gasteiger charge is 2.36. The molecular formula is C11H13NO3. The van der Waals surface area contributed by atoms with E-state index in [9.17, 15) is 9.90 Å². The second kappa shape index (κ2) is 3.46. The lowest BCUT2D eigenvalue weighted by Crippen LogP contribution is -2.31. The molecule has 0 aliphatic carbocycles. The highest BCUT2D eigenvalue weighted by Crippen LogP contribution is 2.25. The number of amides is 1. The van der Waals surface area contributed by atoms with E-state index in [1.807, 2.05) is 19.1 Å². The Balaban J connectivity index is 2.15. The predicted molar refractivity (Wildman–Crippen MR) is 54.7 cm³/mol. The molecule has 1 heterocycles. The van der Waals surface area contributed by atoms with Crippen LogP contribution in [0.1, 0.15) is 12.5 Å². The topological polar surface area (TPSA) is 58.6 Å². The number of nitrogens with one attached hydrogen (secondary N) is 1. The first-order chi connectivity index (χ1) is 7.09. The summed E-state index contributed by atoms with van der Waals surface area (Å²) in [6.07, 6.45) is 0.117. The second-order valence-corrected chi connectivity index (χ2v) is 4.00. The standard InChI is InChI=1S/C11H13NO3/c1-11(7-12-10(14)15-11)6-8-4-2-3-5-9(8)13/h2-5,13H,6-7H2,1H3,(H,12,14). The number of phenolic OH excluding ortho intramolecular Hbond substituents is 1. The molecule has 80 valence electrons. The fourth-order valence-electron chi connectivity index (χ4n) is 1.72. The number of para-hydroxylation sites is 1. The van der Waals surface area contributed by atoms with Gasteiger partial charge in [0.15, 0.2) is 0 Å². The number of phenols is 1. The first-order valence-corrected chi connectivity index (χ1v) is 4.83. The van der Waals surface area contributed by atoms with Crippen molar-refractivity contribution >= 4 is 6.09 Å². The fraction of sp³-hybridized carbons (Fsp3) is 0.364. The third-order valence-electron chi connectivity index (χ3n) is 2.50. The number of hydrogen-bond acceptors (Lipinski definition) is 3. The van der Waals surface area contributed by atoms with Gasteiger partial charge in [-0.1, -0.05) is 18.2 Å². The highest BCUT2D eigenvalue weighted by molar-refractivity contribution is 5.70. The Morgan fingerprint density at radius 3 is 2.87 bits per heavy atom. The maximum absolute atomic E-state index is 10.9. The smallest absolute Gasteiger partial charge is 0.407 e. The average molecular weight is 207 g/mol. The van der Waals surface area contributed by atoms with Crippen LogP contribution in [0, 0.1) is 0 Å². The molecule has 1 aliphatic rings. The summed E-state index contributed by atoms with van der Waals surface area (Å²) in [5.41, 5.74) is 0.229. The zero-order valence-corrected chi connectivity index (χ0v) is 8.49. The Labute approximate surface area is 87.9 Å². The van der Waals surface area contributed by atoms with Crippen molar-refractivity contribution in [3.8, 4) is 5.75 Å². The van der Waals surface area contributed by atoms with Crippen molar-refractivity contribution in [3.63, 3.8) is 0 Å². The summed E-state index contributed by atoms with van der Waals surface area (Å²) in [5, 5.41) is 12.2. The van der Waals surface area contributed by atoms with Crippen molar-refractivity contribution in [1.82, 2.24) is 5.32 Å². The van der Waals surface area contributed by atoms with Crippen LogP contribution in [0.5, 0.6) is 5.75 Å². The van der Waals surface area contributed by atoms with E-state index in [4.69, 9.17) is 4.74 Å². The molecule has 1 unspecified atom stereocenters. The Morgan fingerprint density at radius 2 is 2.27 bits per heavy atom. The van der Waals surface area contributed by atoms with E-state index >= 15 is 0 Å². The number of aromatic hydroxyl groups is 1. The van der Waals surface area contributed by atoms with Gasteiger partial charge in [0.1, 0.15) is 11.4 Å². The van der Waals surface area contributed by atoms with Gasteiger partial charge in [0.25, 0.3) is 0 Å². The van der Waals surface area contributed by atoms with Crippen molar-refractivity contribution in [2.75, 3.05) is 6.54 Å². The van der Waals surface area contributed by atoms with Crippen LogP contribution >= 0.6 is 0 Å². The molecule has 0 saturated carbocycles. The van der Waals surface area contributed by atoms with Crippen LogP contribution in [0.15, 0.2) is 24.3 Å². The Bertz CT molecular complexity index is 391. The van der Waals surface area contributed by atoms with Gasteiger partial charge >= 0.3 is 6.09 Å². The lowest BCUT2D eigenvalue weighted by atomic mass is 9.96. The van der Waals surface area contributed by atoms with E-state index < -0.39 is 11.7 Å². The molecule has 0 aromatic heterocycles.